The Morgan fingerprint density at radius 2 is 1.79 bits per heavy atom. The zero-order valence-corrected chi connectivity index (χ0v) is 16.5. The van der Waals surface area contributed by atoms with E-state index in [9.17, 15) is 9.18 Å². The molecule has 0 atom stereocenters. The number of hydrogen-bond acceptors (Lipinski definition) is 4. The van der Waals surface area contributed by atoms with E-state index in [0.29, 0.717) is 30.2 Å². The predicted octanol–water partition coefficient (Wildman–Crippen LogP) is 4.81. The van der Waals surface area contributed by atoms with Crippen LogP contribution in [0.1, 0.15) is 47.4 Å². The minimum absolute atomic E-state index is 0.0345. The summed E-state index contributed by atoms with van der Waals surface area (Å²) in [6, 6.07) is 14.1. The van der Waals surface area contributed by atoms with E-state index in [1.54, 1.807) is 19.1 Å². The Bertz CT molecular complexity index is 961. The molecule has 2 aromatic carbocycles. The average molecular weight is 393 g/mol. The van der Waals surface area contributed by atoms with Gasteiger partial charge < -0.3 is 9.42 Å². The van der Waals surface area contributed by atoms with Crippen LogP contribution in [0.15, 0.2) is 53.1 Å². The van der Waals surface area contributed by atoms with Crippen LogP contribution in [-0.2, 0) is 6.42 Å². The van der Waals surface area contributed by atoms with Gasteiger partial charge in [-0.05, 0) is 68.1 Å². The van der Waals surface area contributed by atoms with Crippen LogP contribution in [0.25, 0.3) is 11.5 Å². The summed E-state index contributed by atoms with van der Waals surface area (Å²) in [5.74, 6) is 0.820. The van der Waals surface area contributed by atoms with E-state index in [0.717, 1.165) is 36.8 Å². The van der Waals surface area contributed by atoms with Crippen LogP contribution in [0.2, 0.25) is 0 Å². The second-order valence-electron chi connectivity index (χ2n) is 7.54. The molecule has 29 heavy (non-hydrogen) atoms. The van der Waals surface area contributed by atoms with E-state index >= 15 is 0 Å². The largest absolute Gasteiger partial charge is 0.335 e. The number of rotatable bonds is 6. The van der Waals surface area contributed by atoms with Crippen LogP contribution in [-0.4, -0.2) is 33.5 Å². The first kappa shape index (κ1) is 19.3. The number of nitrogens with zero attached hydrogens (tertiary/aromatic N) is 3. The van der Waals surface area contributed by atoms with Gasteiger partial charge in [0.25, 0.3) is 11.8 Å². The Labute approximate surface area is 169 Å². The van der Waals surface area contributed by atoms with Gasteiger partial charge in [-0.1, -0.05) is 30.1 Å². The lowest BCUT2D eigenvalue weighted by Crippen LogP contribution is -2.40. The highest BCUT2D eigenvalue weighted by Crippen LogP contribution is 2.26. The monoisotopic (exact) mass is 393 g/mol. The summed E-state index contributed by atoms with van der Waals surface area (Å²) in [5, 5.41) is 3.80. The maximum Gasteiger partial charge on any atom is 0.257 e. The van der Waals surface area contributed by atoms with Gasteiger partial charge in [-0.3, -0.25) is 4.79 Å². The lowest BCUT2D eigenvalue weighted by atomic mass is 10.1. The summed E-state index contributed by atoms with van der Waals surface area (Å²) in [6.45, 7) is 2.39. The maximum atomic E-state index is 13.3. The molecule has 1 aliphatic carbocycles. The highest BCUT2D eigenvalue weighted by molar-refractivity contribution is 5.94. The Hall–Kier alpha value is -3.02. The van der Waals surface area contributed by atoms with Crippen molar-refractivity contribution in [2.75, 3.05) is 6.54 Å². The number of hydrogen-bond donors (Lipinski definition) is 0. The van der Waals surface area contributed by atoms with Gasteiger partial charge in [0, 0.05) is 23.7 Å². The minimum Gasteiger partial charge on any atom is -0.335 e. The van der Waals surface area contributed by atoms with Gasteiger partial charge in [-0.2, -0.15) is 4.98 Å². The molecule has 0 bridgehead atoms. The minimum atomic E-state index is -0.242. The lowest BCUT2D eigenvalue weighted by molar-refractivity contribution is 0.0684. The molecule has 6 heteroatoms. The van der Waals surface area contributed by atoms with Gasteiger partial charge >= 0.3 is 0 Å². The first-order valence-electron chi connectivity index (χ1n) is 10.1. The molecular weight excluding hydrogens is 369 g/mol. The molecule has 1 amide bonds. The molecule has 150 valence electrons. The van der Waals surface area contributed by atoms with Gasteiger partial charge in [0.05, 0.1) is 0 Å². The number of carbonyl (C=O) groups is 1. The molecule has 3 aromatic rings. The Balaban J connectivity index is 1.50. The maximum absolute atomic E-state index is 13.3. The molecule has 1 fully saturated rings. The number of benzene rings is 2. The van der Waals surface area contributed by atoms with Crippen LogP contribution < -0.4 is 0 Å². The predicted molar refractivity (Wildman–Crippen MR) is 108 cm³/mol. The molecule has 5 nitrogen and oxygen atoms in total. The molecule has 0 N–H and O–H groups in total. The third-order valence-electron chi connectivity index (χ3n) is 5.49. The van der Waals surface area contributed by atoms with Crippen molar-refractivity contribution in [3.63, 3.8) is 0 Å². The van der Waals surface area contributed by atoms with Gasteiger partial charge in [-0.25, -0.2) is 4.39 Å². The van der Waals surface area contributed by atoms with Crippen molar-refractivity contribution in [1.29, 1.82) is 0 Å². The van der Waals surface area contributed by atoms with E-state index in [4.69, 9.17) is 4.52 Å². The normalized spacial score (nSPS) is 14.3. The number of halogens is 1. The SMILES string of the molecule is Cc1noc(-c2ccc(C(=O)N(CCc3ccc(F)cc3)C3CCCC3)cc2)n1. The summed E-state index contributed by atoms with van der Waals surface area (Å²) >= 11 is 0. The number of aromatic nitrogens is 2. The number of carbonyl (C=O) groups excluding carboxylic acids is 1. The third kappa shape index (κ3) is 4.53. The fraction of sp³-hybridized carbons (Fsp3) is 0.348. The molecule has 4 rings (SSSR count). The highest BCUT2D eigenvalue weighted by atomic mass is 19.1. The molecule has 0 spiro atoms. The van der Waals surface area contributed by atoms with Gasteiger partial charge in [-0.15, -0.1) is 0 Å². The number of aryl methyl sites for hydroxylation is 1. The topological polar surface area (TPSA) is 59.2 Å². The summed E-state index contributed by atoms with van der Waals surface area (Å²) in [4.78, 5) is 19.5. The Kier molecular flexibility index (Phi) is 5.69. The average Bonchev–Trinajstić information content (AvgIpc) is 3.42. The van der Waals surface area contributed by atoms with E-state index < -0.39 is 0 Å². The van der Waals surface area contributed by atoms with Crippen molar-refractivity contribution in [3.8, 4) is 11.5 Å². The smallest absolute Gasteiger partial charge is 0.257 e. The van der Waals surface area contributed by atoms with Crippen molar-refractivity contribution in [2.45, 2.75) is 45.1 Å². The first-order chi connectivity index (χ1) is 14.1. The Morgan fingerprint density at radius 1 is 1.10 bits per heavy atom. The highest BCUT2D eigenvalue weighted by Gasteiger charge is 2.27. The van der Waals surface area contributed by atoms with Crippen LogP contribution in [0, 0.1) is 12.7 Å². The zero-order valence-electron chi connectivity index (χ0n) is 16.5. The van der Waals surface area contributed by atoms with Gasteiger partial charge in [0.2, 0.25) is 0 Å². The van der Waals surface area contributed by atoms with Crippen molar-refractivity contribution in [1.82, 2.24) is 15.0 Å². The molecule has 1 aliphatic rings. The van der Waals surface area contributed by atoms with Crippen molar-refractivity contribution < 1.29 is 13.7 Å². The van der Waals surface area contributed by atoms with Crippen LogP contribution in [0.3, 0.4) is 0 Å². The first-order valence-corrected chi connectivity index (χ1v) is 10.1. The third-order valence-corrected chi connectivity index (χ3v) is 5.49. The summed E-state index contributed by atoms with van der Waals surface area (Å²) in [5.41, 5.74) is 2.47. The molecule has 0 radical (unpaired) electrons. The van der Waals surface area contributed by atoms with E-state index in [-0.39, 0.29) is 17.8 Å². The Morgan fingerprint density at radius 3 is 2.41 bits per heavy atom. The molecule has 1 saturated carbocycles. The summed E-state index contributed by atoms with van der Waals surface area (Å²) < 4.78 is 18.3. The standard InChI is InChI=1S/C23H24FN3O2/c1-16-25-22(29-26-16)18-8-10-19(11-9-18)23(28)27(21-4-2-3-5-21)15-14-17-6-12-20(24)13-7-17/h6-13,21H,2-5,14-15H2,1H3. The summed E-state index contributed by atoms with van der Waals surface area (Å²) in [7, 11) is 0. The van der Waals surface area contributed by atoms with Gasteiger partial charge in [0.15, 0.2) is 5.82 Å². The van der Waals surface area contributed by atoms with Crippen molar-refractivity contribution in [3.05, 3.63) is 71.3 Å². The van der Waals surface area contributed by atoms with E-state index in [2.05, 4.69) is 10.1 Å². The molecule has 1 heterocycles. The second-order valence-corrected chi connectivity index (χ2v) is 7.54. The second kappa shape index (κ2) is 8.55. The van der Waals surface area contributed by atoms with E-state index in [1.807, 2.05) is 29.2 Å². The fourth-order valence-electron chi connectivity index (χ4n) is 3.90. The summed E-state index contributed by atoms with van der Waals surface area (Å²) in [6.07, 6.45) is 5.09. The molecule has 0 saturated heterocycles. The van der Waals surface area contributed by atoms with Crippen LogP contribution in [0.4, 0.5) is 4.39 Å². The molecule has 0 unspecified atom stereocenters. The van der Waals surface area contributed by atoms with Gasteiger partial charge in [0.1, 0.15) is 5.82 Å². The quantitative estimate of drug-likeness (QED) is 0.603. The molecule has 0 aliphatic heterocycles. The lowest BCUT2D eigenvalue weighted by Gasteiger charge is -2.29. The van der Waals surface area contributed by atoms with E-state index in [1.165, 1.54) is 12.1 Å². The number of amides is 1. The van der Waals surface area contributed by atoms with Crippen molar-refractivity contribution >= 4 is 5.91 Å². The zero-order chi connectivity index (χ0) is 20.2. The van der Waals surface area contributed by atoms with Crippen LogP contribution >= 0.6 is 0 Å². The van der Waals surface area contributed by atoms with Crippen LogP contribution in [0.5, 0.6) is 0 Å². The molecular formula is C23H24FN3O2. The fourth-order valence-corrected chi connectivity index (χ4v) is 3.90. The van der Waals surface area contributed by atoms with Crippen molar-refractivity contribution in [2.24, 2.45) is 0 Å². The molecule has 1 aromatic heterocycles.